The molecule has 4 heteroatoms. The highest BCUT2D eigenvalue weighted by molar-refractivity contribution is 5.85. The molecule has 1 N–H and O–H groups in total. The molecule has 2 rings (SSSR count). The number of benzene rings is 1. The van der Waals surface area contributed by atoms with Gasteiger partial charge in [0.25, 0.3) is 0 Å². The van der Waals surface area contributed by atoms with Crippen molar-refractivity contribution < 1.29 is 4.74 Å². The summed E-state index contributed by atoms with van der Waals surface area (Å²) in [7, 11) is 0. The molecule has 0 saturated heterocycles. The number of likely N-dealkylation sites (N-methyl/N-ethyl adjacent to an activating group) is 1. The highest BCUT2D eigenvalue weighted by Crippen LogP contribution is 2.20. The molecule has 0 spiro atoms. The minimum absolute atomic E-state index is 0.607. The van der Waals surface area contributed by atoms with Crippen molar-refractivity contribution in [1.29, 1.82) is 0 Å². The number of aromatic nitrogens is 2. The zero-order chi connectivity index (χ0) is 11.2. The summed E-state index contributed by atoms with van der Waals surface area (Å²) in [5.41, 5.74) is 0. The lowest BCUT2D eigenvalue weighted by atomic mass is 10.2. The minimum Gasteiger partial charge on any atom is -0.475 e. The average Bonchev–Trinajstić information content (AvgIpc) is 2.35. The maximum absolute atomic E-state index is 5.59. The van der Waals surface area contributed by atoms with Gasteiger partial charge in [0.2, 0.25) is 5.88 Å². The van der Waals surface area contributed by atoms with Gasteiger partial charge in [0.1, 0.15) is 6.61 Å². The normalized spacial score (nSPS) is 10.6. The summed E-state index contributed by atoms with van der Waals surface area (Å²) in [6.45, 7) is 4.44. The Kier molecular flexibility index (Phi) is 3.66. The van der Waals surface area contributed by atoms with Crippen LogP contribution in [0.4, 0.5) is 0 Å². The van der Waals surface area contributed by atoms with Crippen LogP contribution < -0.4 is 10.1 Å². The Morgan fingerprint density at radius 2 is 2.19 bits per heavy atom. The quantitative estimate of drug-likeness (QED) is 0.773. The van der Waals surface area contributed by atoms with E-state index in [1.54, 1.807) is 6.20 Å². The van der Waals surface area contributed by atoms with Gasteiger partial charge in [-0.15, -0.1) is 5.10 Å². The van der Waals surface area contributed by atoms with E-state index in [1.807, 2.05) is 24.3 Å². The van der Waals surface area contributed by atoms with E-state index >= 15 is 0 Å². The molecule has 0 aliphatic rings. The van der Waals surface area contributed by atoms with Gasteiger partial charge in [-0.2, -0.15) is 5.10 Å². The molecule has 84 valence electrons. The van der Waals surface area contributed by atoms with E-state index in [9.17, 15) is 0 Å². The Labute approximate surface area is 94.6 Å². The molecular formula is C12H15N3O. The van der Waals surface area contributed by atoms with Crippen molar-refractivity contribution in [3.63, 3.8) is 0 Å². The second kappa shape index (κ2) is 5.42. The first-order valence-corrected chi connectivity index (χ1v) is 5.45. The summed E-state index contributed by atoms with van der Waals surface area (Å²) >= 11 is 0. The Bertz CT molecular complexity index is 453. The number of hydrogen-bond acceptors (Lipinski definition) is 4. The topological polar surface area (TPSA) is 47.0 Å². The van der Waals surface area contributed by atoms with Gasteiger partial charge in [-0.05, 0) is 12.6 Å². The Hall–Kier alpha value is -1.68. The molecule has 0 saturated carbocycles. The molecule has 4 nitrogen and oxygen atoms in total. The summed E-state index contributed by atoms with van der Waals surface area (Å²) < 4.78 is 5.59. The van der Waals surface area contributed by atoms with Crippen LogP contribution in [0.15, 0.2) is 30.5 Å². The average molecular weight is 217 g/mol. The summed E-state index contributed by atoms with van der Waals surface area (Å²) in [5.74, 6) is 0.607. The molecule has 16 heavy (non-hydrogen) atoms. The summed E-state index contributed by atoms with van der Waals surface area (Å²) in [6.07, 6.45) is 1.74. The number of ether oxygens (including phenoxy) is 1. The summed E-state index contributed by atoms with van der Waals surface area (Å²) in [6, 6.07) is 7.95. The van der Waals surface area contributed by atoms with Gasteiger partial charge in [-0.25, -0.2) is 0 Å². The van der Waals surface area contributed by atoms with Gasteiger partial charge in [0.05, 0.1) is 6.20 Å². The van der Waals surface area contributed by atoms with Crippen molar-refractivity contribution in [3.05, 3.63) is 30.5 Å². The highest BCUT2D eigenvalue weighted by Gasteiger charge is 2.02. The maximum atomic E-state index is 5.59. The first kappa shape index (κ1) is 10.8. The Morgan fingerprint density at radius 1 is 1.31 bits per heavy atom. The predicted molar refractivity (Wildman–Crippen MR) is 63.6 cm³/mol. The standard InChI is InChI=1S/C12H15N3O/c1-2-13-7-8-16-12-11-6-4-3-5-10(11)9-14-15-12/h3-6,9,13H,2,7-8H2,1H3. The number of hydrogen-bond donors (Lipinski definition) is 1. The molecular weight excluding hydrogens is 202 g/mol. The van der Waals surface area contributed by atoms with Crippen LogP contribution in [0.25, 0.3) is 10.8 Å². The fourth-order valence-corrected chi connectivity index (χ4v) is 1.50. The second-order valence-electron chi connectivity index (χ2n) is 3.44. The molecule has 0 fully saturated rings. The van der Waals surface area contributed by atoms with Crippen LogP contribution in [-0.4, -0.2) is 29.9 Å². The first-order valence-electron chi connectivity index (χ1n) is 5.45. The second-order valence-corrected chi connectivity index (χ2v) is 3.44. The van der Waals surface area contributed by atoms with Crippen LogP contribution in [0.2, 0.25) is 0 Å². The highest BCUT2D eigenvalue weighted by atomic mass is 16.5. The van der Waals surface area contributed by atoms with E-state index in [2.05, 4.69) is 22.4 Å². The van der Waals surface area contributed by atoms with Crippen LogP contribution >= 0.6 is 0 Å². The van der Waals surface area contributed by atoms with E-state index in [0.717, 1.165) is 23.9 Å². The number of nitrogens with zero attached hydrogens (tertiary/aromatic N) is 2. The summed E-state index contributed by atoms with van der Waals surface area (Å²) in [4.78, 5) is 0. The van der Waals surface area contributed by atoms with Crippen molar-refractivity contribution in [1.82, 2.24) is 15.5 Å². The van der Waals surface area contributed by atoms with Crippen LogP contribution in [-0.2, 0) is 0 Å². The van der Waals surface area contributed by atoms with Gasteiger partial charge in [-0.1, -0.05) is 25.1 Å². The van der Waals surface area contributed by atoms with Crippen LogP contribution in [0.5, 0.6) is 5.88 Å². The molecule has 0 bridgehead atoms. The summed E-state index contributed by atoms with van der Waals surface area (Å²) in [5, 5.41) is 13.2. The number of nitrogens with one attached hydrogen (secondary N) is 1. The molecule has 0 aliphatic heterocycles. The van der Waals surface area contributed by atoms with Gasteiger partial charge < -0.3 is 10.1 Å². The molecule has 0 unspecified atom stereocenters. The zero-order valence-corrected chi connectivity index (χ0v) is 9.31. The zero-order valence-electron chi connectivity index (χ0n) is 9.31. The van der Waals surface area contributed by atoms with E-state index in [1.165, 1.54) is 0 Å². The molecule has 0 amide bonds. The van der Waals surface area contributed by atoms with Crippen molar-refractivity contribution >= 4 is 10.8 Å². The molecule has 0 radical (unpaired) electrons. The van der Waals surface area contributed by atoms with E-state index < -0.39 is 0 Å². The molecule has 0 atom stereocenters. The fraction of sp³-hybridized carbons (Fsp3) is 0.333. The Morgan fingerprint density at radius 3 is 3.06 bits per heavy atom. The third kappa shape index (κ3) is 2.46. The van der Waals surface area contributed by atoms with Gasteiger partial charge in [0, 0.05) is 17.3 Å². The van der Waals surface area contributed by atoms with Crippen LogP contribution in [0.3, 0.4) is 0 Å². The molecule has 2 aromatic rings. The lowest BCUT2D eigenvalue weighted by molar-refractivity contribution is 0.304. The smallest absolute Gasteiger partial charge is 0.241 e. The third-order valence-electron chi connectivity index (χ3n) is 2.30. The monoisotopic (exact) mass is 217 g/mol. The van der Waals surface area contributed by atoms with Crippen molar-refractivity contribution in [2.24, 2.45) is 0 Å². The van der Waals surface area contributed by atoms with Gasteiger partial charge >= 0.3 is 0 Å². The molecule has 1 aromatic heterocycles. The predicted octanol–water partition coefficient (Wildman–Crippen LogP) is 1.62. The first-order chi connectivity index (χ1) is 7.92. The van der Waals surface area contributed by atoms with E-state index in [0.29, 0.717) is 12.5 Å². The molecule has 1 heterocycles. The van der Waals surface area contributed by atoms with Crippen LogP contribution in [0.1, 0.15) is 6.92 Å². The van der Waals surface area contributed by atoms with Crippen molar-refractivity contribution in [3.8, 4) is 5.88 Å². The lowest BCUT2D eigenvalue weighted by Crippen LogP contribution is -2.20. The largest absolute Gasteiger partial charge is 0.475 e. The van der Waals surface area contributed by atoms with Crippen molar-refractivity contribution in [2.75, 3.05) is 19.7 Å². The third-order valence-corrected chi connectivity index (χ3v) is 2.30. The lowest BCUT2D eigenvalue weighted by Gasteiger charge is -2.07. The fourth-order valence-electron chi connectivity index (χ4n) is 1.50. The van der Waals surface area contributed by atoms with Gasteiger partial charge in [0.15, 0.2) is 0 Å². The minimum atomic E-state index is 0.607. The number of rotatable bonds is 5. The molecule has 0 aliphatic carbocycles. The maximum Gasteiger partial charge on any atom is 0.241 e. The molecule has 1 aromatic carbocycles. The van der Waals surface area contributed by atoms with Gasteiger partial charge in [-0.3, -0.25) is 0 Å². The Balaban J connectivity index is 2.11. The van der Waals surface area contributed by atoms with E-state index in [-0.39, 0.29) is 0 Å². The SMILES string of the molecule is CCNCCOc1nncc2ccccc12. The van der Waals surface area contributed by atoms with Crippen LogP contribution in [0, 0.1) is 0 Å². The number of fused-ring (bicyclic) bond motifs is 1. The van der Waals surface area contributed by atoms with Crippen molar-refractivity contribution in [2.45, 2.75) is 6.92 Å². The van der Waals surface area contributed by atoms with E-state index in [4.69, 9.17) is 4.74 Å².